The van der Waals surface area contributed by atoms with Gasteiger partial charge in [-0.3, -0.25) is 14.5 Å². The highest BCUT2D eigenvalue weighted by molar-refractivity contribution is 6.51. The number of Topliss-reactive ketones (excluding diaryl/α,β-unsaturated/α-hetero) is 1. The summed E-state index contributed by atoms with van der Waals surface area (Å²) in [5, 5.41) is 11.4. The standard InChI is InChI=1S/C30H32N2O4/c1-6-31(7-2)23-13-11-21(12-14-23)27-26(28(33)22-9-8-10-25(18-22)36-5)29(34)30(35)32(27)24-16-19(3)15-20(4)17-24/h8-18,27,33H,6-7H2,1-5H3/b28-26+. The van der Waals surface area contributed by atoms with Crippen molar-refractivity contribution in [1.82, 2.24) is 0 Å². The SMILES string of the molecule is CCN(CC)c1ccc(C2/C(=C(\O)c3cccc(OC)c3)C(=O)C(=O)N2c2cc(C)cc(C)c2)cc1. The van der Waals surface area contributed by atoms with Gasteiger partial charge >= 0.3 is 0 Å². The molecule has 0 aromatic heterocycles. The minimum Gasteiger partial charge on any atom is -0.507 e. The number of nitrogens with zero attached hydrogens (tertiary/aromatic N) is 2. The lowest BCUT2D eigenvalue weighted by Crippen LogP contribution is -2.29. The fourth-order valence-electron chi connectivity index (χ4n) is 4.89. The molecule has 1 N–H and O–H groups in total. The van der Waals surface area contributed by atoms with Crippen molar-refractivity contribution in [2.75, 3.05) is 30.0 Å². The third kappa shape index (κ3) is 4.59. The number of aliphatic hydroxyl groups is 1. The predicted molar refractivity (Wildman–Crippen MR) is 144 cm³/mol. The minimum absolute atomic E-state index is 0.0583. The van der Waals surface area contributed by atoms with Gasteiger partial charge in [0.1, 0.15) is 11.5 Å². The summed E-state index contributed by atoms with van der Waals surface area (Å²) < 4.78 is 5.30. The Morgan fingerprint density at radius 1 is 0.944 bits per heavy atom. The maximum absolute atomic E-state index is 13.4. The van der Waals surface area contributed by atoms with Crippen LogP contribution in [-0.2, 0) is 9.59 Å². The molecule has 1 unspecified atom stereocenters. The van der Waals surface area contributed by atoms with Gasteiger partial charge in [0.15, 0.2) is 0 Å². The van der Waals surface area contributed by atoms with Crippen LogP contribution in [0.1, 0.15) is 42.1 Å². The lowest BCUT2D eigenvalue weighted by Gasteiger charge is -2.27. The Morgan fingerprint density at radius 2 is 1.58 bits per heavy atom. The highest BCUT2D eigenvalue weighted by Gasteiger charge is 2.47. The number of ketones is 1. The third-order valence-corrected chi connectivity index (χ3v) is 6.61. The number of benzene rings is 3. The number of hydrogen-bond donors (Lipinski definition) is 1. The van der Waals surface area contributed by atoms with Crippen molar-refractivity contribution >= 4 is 28.8 Å². The lowest BCUT2D eigenvalue weighted by atomic mass is 9.94. The topological polar surface area (TPSA) is 70.1 Å². The van der Waals surface area contributed by atoms with E-state index in [0.29, 0.717) is 17.0 Å². The van der Waals surface area contributed by atoms with Crippen molar-refractivity contribution in [2.24, 2.45) is 0 Å². The molecule has 36 heavy (non-hydrogen) atoms. The zero-order valence-corrected chi connectivity index (χ0v) is 21.4. The van der Waals surface area contributed by atoms with Crippen LogP contribution in [0.4, 0.5) is 11.4 Å². The first-order valence-corrected chi connectivity index (χ1v) is 12.2. The van der Waals surface area contributed by atoms with Gasteiger partial charge < -0.3 is 14.7 Å². The van der Waals surface area contributed by atoms with Gasteiger partial charge in [0.25, 0.3) is 11.7 Å². The van der Waals surface area contributed by atoms with Crippen molar-refractivity contribution in [3.8, 4) is 5.75 Å². The molecule has 1 heterocycles. The Hall–Kier alpha value is -4.06. The zero-order chi connectivity index (χ0) is 26.0. The molecule has 6 nitrogen and oxygen atoms in total. The highest BCUT2D eigenvalue weighted by atomic mass is 16.5. The molecule has 3 aromatic carbocycles. The van der Waals surface area contributed by atoms with Crippen LogP contribution in [0.2, 0.25) is 0 Å². The van der Waals surface area contributed by atoms with Crippen LogP contribution in [0.25, 0.3) is 5.76 Å². The van der Waals surface area contributed by atoms with Crippen molar-refractivity contribution in [3.63, 3.8) is 0 Å². The van der Waals surface area contributed by atoms with Crippen LogP contribution < -0.4 is 14.5 Å². The highest BCUT2D eigenvalue weighted by Crippen LogP contribution is 2.43. The Labute approximate surface area is 212 Å². The average Bonchev–Trinajstić information content (AvgIpc) is 3.14. The summed E-state index contributed by atoms with van der Waals surface area (Å²) >= 11 is 0. The number of anilines is 2. The molecule has 3 aromatic rings. The summed E-state index contributed by atoms with van der Waals surface area (Å²) in [5.74, 6) is -1.06. The van der Waals surface area contributed by atoms with Crippen LogP contribution in [0.15, 0.2) is 72.3 Å². The Bertz CT molecular complexity index is 1300. The molecule has 1 atom stereocenters. The van der Waals surface area contributed by atoms with Gasteiger partial charge in [-0.25, -0.2) is 0 Å². The molecule has 0 radical (unpaired) electrons. The van der Waals surface area contributed by atoms with Crippen molar-refractivity contribution < 1.29 is 19.4 Å². The van der Waals surface area contributed by atoms with E-state index in [4.69, 9.17) is 4.74 Å². The fourth-order valence-corrected chi connectivity index (χ4v) is 4.89. The Morgan fingerprint density at radius 3 is 2.17 bits per heavy atom. The number of aryl methyl sites for hydroxylation is 2. The maximum atomic E-state index is 13.4. The van der Waals surface area contributed by atoms with Crippen LogP contribution in [-0.4, -0.2) is 37.0 Å². The second kappa shape index (κ2) is 10.3. The van der Waals surface area contributed by atoms with Gasteiger partial charge in [-0.2, -0.15) is 0 Å². The predicted octanol–water partition coefficient (Wildman–Crippen LogP) is 5.78. The van der Waals surface area contributed by atoms with Crippen molar-refractivity contribution in [1.29, 1.82) is 0 Å². The maximum Gasteiger partial charge on any atom is 0.300 e. The molecule has 6 heteroatoms. The molecule has 1 amide bonds. The Kier molecular flexibility index (Phi) is 7.15. The van der Waals surface area contributed by atoms with Crippen molar-refractivity contribution in [3.05, 3.63) is 94.6 Å². The molecule has 1 aliphatic rings. The Balaban J connectivity index is 1.92. The van der Waals surface area contributed by atoms with E-state index in [9.17, 15) is 14.7 Å². The second-order valence-electron chi connectivity index (χ2n) is 9.01. The van der Waals surface area contributed by atoms with E-state index < -0.39 is 17.7 Å². The van der Waals surface area contributed by atoms with Crippen LogP contribution in [0.5, 0.6) is 5.75 Å². The van der Waals surface area contributed by atoms with Crippen LogP contribution >= 0.6 is 0 Å². The van der Waals surface area contributed by atoms with Gasteiger partial charge in [-0.05, 0) is 80.8 Å². The molecular weight excluding hydrogens is 452 g/mol. The molecule has 1 fully saturated rings. The summed E-state index contributed by atoms with van der Waals surface area (Å²) in [6.07, 6.45) is 0. The van der Waals surface area contributed by atoms with E-state index in [2.05, 4.69) is 18.7 Å². The normalized spacial score (nSPS) is 16.9. The largest absolute Gasteiger partial charge is 0.507 e. The second-order valence-corrected chi connectivity index (χ2v) is 9.01. The van der Waals surface area contributed by atoms with E-state index in [1.807, 2.05) is 56.3 Å². The number of ether oxygens (including phenoxy) is 1. The van der Waals surface area contributed by atoms with Gasteiger partial charge in [0, 0.05) is 30.0 Å². The molecule has 0 aliphatic carbocycles. The quantitative estimate of drug-likeness (QED) is 0.261. The zero-order valence-electron chi connectivity index (χ0n) is 21.4. The minimum atomic E-state index is -0.775. The van der Waals surface area contributed by atoms with Gasteiger partial charge in [-0.15, -0.1) is 0 Å². The first kappa shape index (κ1) is 25.0. The van der Waals surface area contributed by atoms with Crippen LogP contribution in [0.3, 0.4) is 0 Å². The summed E-state index contributed by atoms with van der Waals surface area (Å²) in [5.41, 5.74) is 4.86. The monoisotopic (exact) mass is 484 g/mol. The van der Waals surface area contributed by atoms with Gasteiger partial charge in [0.05, 0.1) is 18.7 Å². The molecule has 4 rings (SSSR count). The molecule has 1 saturated heterocycles. The molecule has 0 spiro atoms. The van der Waals surface area contributed by atoms with Gasteiger partial charge in [-0.1, -0.05) is 30.3 Å². The number of hydrogen-bond acceptors (Lipinski definition) is 5. The molecular formula is C30H32N2O4. The smallest absolute Gasteiger partial charge is 0.300 e. The number of methoxy groups -OCH3 is 1. The fraction of sp³-hybridized carbons (Fsp3) is 0.267. The average molecular weight is 485 g/mol. The molecule has 0 bridgehead atoms. The first-order chi connectivity index (χ1) is 17.3. The molecule has 1 aliphatic heterocycles. The number of rotatable bonds is 7. The van der Waals surface area contributed by atoms with E-state index in [-0.39, 0.29) is 11.3 Å². The van der Waals surface area contributed by atoms with E-state index in [1.165, 1.54) is 12.0 Å². The van der Waals surface area contributed by atoms with Crippen LogP contribution in [0, 0.1) is 13.8 Å². The number of carbonyl (C=O) groups excluding carboxylic acids is 2. The van der Waals surface area contributed by atoms with E-state index >= 15 is 0 Å². The molecule has 0 saturated carbocycles. The van der Waals surface area contributed by atoms with E-state index in [0.717, 1.165) is 35.5 Å². The summed E-state index contributed by atoms with van der Waals surface area (Å²) in [6, 6.07) is 19.7. The molecule has 186 valence electrons. The first-order valence-electron chi connectivity index (χ1n) is 12.2. The summed E-state index contributed by atoms with van der Waals surface area (Å²) in [6.45, 7) is 9.84. The number of carbonyl (C=O) groups is 2. The summed E-state index contributed by atoms with van der Waals surface area (Å²) in [4.78, 5) is 30.6. The lowest BCUT2D eigenvalue weighted by molar-refractivity contribution is -0.132. The van der Waals surface area contributed by atoms with E-state index in [1.54, 1.807) is 24.3 Å². The number of amides is 1. The van der Waals surface area contributed by atoms with Crippen molar-refractivity contribution in [2.45, 2.75) is 33.7 Å². The van der Waals surface area contributed by atoms with Gasteiger partial charge in [0.2, 0.25) is 0 Å². The summed E-state index contributed by atoms with van der Waals surface area (Å²) in [7, 11) is 1.54. The number of aliphatic hydroxyl groups excluding tert-OH is 1. The third-order valence-electron chi connectivity index (χ3n) is 6.61.